The van der Waals surface area contributed by atoms with Crippen molar-refractivity contribution in [2.45, 2.75) is 19.8 Å². The summed E-state index contributed by atoms with van der Waals surface area (Å²) in [5.74, 6) is 1.54. The molecule has 29 heavy (non-hydrogen) atoms. The fraction of sp³-hybridized carbons (Fsp3) is 0.409. The Morgan fingerprint density at radius 2 is 2.14 bits per heavy atom. The molecule has 0 spiro atoms. The van der Waals surface area contributed by atoms with Gasteiger partial charge in [-0.3, -0.25) is 0 Å². The lowest BCUT2D eigenvalue weighted by Crippen LogP contribution is -2.42. The number of nitriles is 1. The van der Waals surface area contributed by atoms with Crippen molar-refractivity contribution in [2.75, 3.05) is 44.7 Å². The molecule has 152 valence electrons. The average molecular weight is 393 g/mol. The monoisotopic (exact) mass is 393 g/mol. The number of ether oxygens (including phenoxy) is 1. The molecule has 2 heterocycles. The van der Waals surface area contributed by atoms with Crippen molar-refractivity contribution >= 4 is 11.8 Å². The molecule has 3 rings (SSSR count). The highest BCUT2D eigenvalue weighted by molar-refractivity contribution is 5.74. The van der Waals surface area contributed by atoms with Crippen LogP contribution in [0.15, 0.2) is 36.5 Å². The van der Waals surface area contributed by atoms with Crippen LogP contribution in [0, 0.1) is 18.3 Å². The largest absolute Gasteiger partial charge is 0.496 e. The lowest BCUT2D eigenvalue weighted by atomic mass is 10.1. The van der Waals surface area contributed by atoms with Gasteiger partial charge in [0.15, 0.2) is 0 Å². The molecule has 0 atom stereocenters. The number of hydrogen-bond acceptors (Lipinski definition) is 5. The second-order valence-electron chi connectivity index (χ2n) is 7.11. The first-order valence-electron chi connectivity index (χ1n) is 9.88. The number of methoxy groups -OCH3 is 1. The number of rotatable bonds is 5. The molecule has 1 aromatic heterocycles. The van der Waals surface area contributed by atoms with Gasteiger partial charge in [0, 0.05) is 38.9 Å². The zero-order valence-corrected chi connectivity index (χ0v) is 17.0. The topological polar surface area (TPSA) is 81.5 Å². The molecular weight excluding hydrogens is 366 g/mol. The summed E-state index contributed by atoms with van der Waals surface area (Å²) < 4.78 is 5.41. The second-order valence-corrected chi connectivity index (χ2v) is 7.11. The summed E-state index contributed by atoms with van der Waals surface area (Å²) in [5, 5.41) is 12.3. The first-order valence-corrected chi connectivity index (χ1v) is 9.88. The molecule has 2 amide bonds. The van der Waals surface area contributed by atoms with Crippen molar-refractivity contribution in [1.29, 1.82) is 5.26 Å². The fourth-order valence-electron chi connectivity index (χ4n) is 3.59. The number of anilines is 1. The van der Waals surface area contributed by atoms with Crippen molar-refractivity contribution in [3.8, 4) is 11.8 Å². The average Bonchev–Trinajstić information content (AvgIpc) is 3.00. The molecule has 1 aliphatic rings. The van der Waals surface area contributed by atoms with Crippen LogP contribution in [0.4, 0.5) is 10.6 Å². The SMILES string of the molecule is COc1ccc(C)cc1CCNC(=O)N1CCCN(c2ncccc2C#N)CC1. The lowest BCUT2D eigenvalue weighted by molar-refractivity contribution is 0.201. The van der Waals surface area contributed by atoms with Crippen LogP contribution >= 0.6 is 0 Å². The van der Waals surface area contributed by atoms with E-state index in [1.807, 2.05) is 24.0 Å². The van der Waals surface area contributed by atoms with E-state index in [9.17, 15) is 10.1 Å². The third-order valence-corrected chi connectivity index (χ3v) is 5.10. The van der Waals surface area contributed by atoms with E-state index in [4.69, 9.17) is 4.74 Å². The number of carbonyl (C=O) groups is 1. The van der Waals surface area contributed by atoms with Crippen molar-refractivity contribution < 1.29 is 9.53 Å². The molecule has 1 N–H and O–H groups in total. The van der Waals surface area contributed by atoms with Gasteiger partial charge in [0.25, 0.3) is 0 Å². The highest BCUT2D eigenvalue weighted by atomic mass is 16.5. The maximum Gasteiger partial charge on any atom is 0.317 e. The number of benzene rings is 1. The number of amides is 2. The number of urea groups is 1. The Bertz CT molecular complexity index is 893. The summed E-state index contributed by atoms with van der Waals surface area (Å²) in [4.78, 5) is 20.9. The summed E-state index contributed by atoms with van der Waals surface area (Å²) >= 11 is 0. The smallest absolute Gasteiger partial charge is 0.317 e. The number of hydrogen-bond donors (Lipinski definition) is 1. The van der Waals surface area contributed by atoms with E-state index in [-0.39, 0.29) is 6.03 Å². The number of pyridine rings is 1. The van der Waals surface area contributed by atoms with Crippen molar-refractivity contribution in [1.82, 2.24) is 15.2 Å². The lowest BCUT2D eigenvalue weighted by Gasteiger charge is -2.23. The van der Waals surface area contributed by atoms with Gasteiger partial charge in [-0.25, -0.2) is 9.78 Å². The van der Waals surface area contributed by atoms with Crippen LogP contribution in [0.2, 0.25) is 0 Å². The van der Waals surface area contributed by atoms with E-state index in [0.717, 1.165) is 30.7 Å². The summed E-state index contributed by atoms with van der Waals surface area (Å²) in [6.45, 7) is 5.31. The van der Waals surface area contributed by atoms with Crippen LogP contribution in [0.1, 0.15) is 23.1 Å². The first kappa shape index (κ1) is 20.5. The van der Waals surface area contributed by atoms with Gasteiger partial charge in [-0.05, 0) is 43.5 Å². The maximum absolute atomic E-state index is 12.6. The molecule has 0 radical (unpaired) electrons. The molecule has 1 saturated heterocycles. The molecule has 1 aromatic carbocycles. The molecular formula is C22H27N5O2. The zero-order valence-electron chi connectivity index (χ0n) is 17.0. The standard InChI is InChI=1S/C22H27N5O2/c1-17-6-7-20(29-2)18(15-17)8-10-25-22(28)27-12-4-11-26(13-14-27)21-19(16-23)5-3-9-24-21/h3,5-7,9,15H,4,8,10-14H2,1-2H3,(H,25,28). The minimum atomic E-state index is -0.0556. The van der Waals surface area contributed by atoms with Crippen LogP contribution < -0.4 is 15.0 Å². The number of aromatic nitrogens is 1. The zero-order chi connectivity index (χ0) is 20.6. The van der Waals surface area contributed by atoms with Crippen molar-refractivity contribution in [3.63, 3.8) is 0 Å². The van der Waals surface area contributed by atoms with Crippen LogP contribution in [-0.4, -0.2) is 55.7 Å². The van der Waals surface area contributed by atoms with Gasteiger partial charge >= 0.3 is 6.03 Å². The molecule has 0 saturated carbocycles. The highest BCUT2D eigenvalue weighted by Gasteiger charge is 2.21. The number of aryl methyl sites for hydroxylation is 1. The third kappa shape index (κ3) is 5.17. The summed E-state index contributed by atoms with van der Waals surface area (Å²) in [6, 6.07) is 11.8. The Labute approximate surface area is 171 Å². The Kier molecular flexibility index (Phi) is 6.90. The molecule has 1 fully saturated rings. The Balaban J connectivity index is 1.53. The number of carbonyl (C=O) groups excluding carboxylic acids is 1. The molecule has 2 aromatic rings. The summed E-state index contributed by atoms with van der Waals surface area (Å²) in [7, 11) is 1.66. The van der Waals surface area contributed by atoms with Gasteiger partial charge in [-0.1, -0.05) is 17.7 Å². The van der Waals surface area contributed by atoms with Crippen LogP contribution in [0.3, 0.4) is 0 Å². The predicted octanol–water partition coefficient (Wildman–Crippen LogP) is 2.73. The normalized spacial score (nSPS) is 14.1. The van der Waals surface area contributed by atoms with Crippen LogP contribution in [0.25, 0.3) is 0 Å². The van der Waals surface area contributed by atoms with E-state index in [0.29, 0.717) is 37.6 Å². The van der Waals surface area contributed by atoms with E-state index in [1.54, 1.807) is 25.4 Å². The number of nitrogens with zero attached hydrogens (tertiary/aromatic N) is 4. The minimum absolute atomic E-state index is 0.0556. The maximum atomic E-state index is 12.6. The van der Waals surface area contributed by atoms with E-state index in [2.05, 4.69) is 27.3 Å². The fourth-order valence-corrected chi connectivity index (χ4v) is 3.59. The van der Waals surface area contributed by atoms with Gasteiger partial charge in [-0.15, -0.1) is 0 Å². The minimum Gasteiger partial charge on any atom is -0.496 e. The number of nitrogens with one attached hydrogen (secondary N) is 1. The quantitative estimate of drug-likeness (QED) is 0.845. The molecule has 0 bridgehead atoms. The highest BCUT2D eigenvalue weighted by Crippen LogP contribution is 2.20. The second kappa shape index (κ2) is 9.78. The molecule has 0 aliphatic carbocycles. The van der Waals surface area contributed by atoms with Gasteiger partial charge in [0.2, 0.25) is 0 Å². The molecule has 1 aliphatic heterocycles. The van der Waals surface area contributed by atoms with Gasteiger partial charge in [0.05, 0.1) is 12.7 Å². The van der Waals surface area contributed by atoms with Crippen LogP contribution in [0.5, 0.6) is 5.75 Å². The summed E-state index contributed by atoms with van der Waals surface area (Å²) in [5.41, 5.74) is 2.83. The first-order chi connectivity index (χ1) is 14.1. The molecule has 7 nitrogen and oxygen atoms in total. The van der Waals surface area contributed by atoms with Gasteiger partial charge in [-0.2, -0.15) is 5.26 Å². The van der Waals surface area contributed by atoms with Crippen molar-refractivity contribution in [2.24, 2.45) is 0 Å². The molecule has 7 heteroatoms. The van der Waals surface area contributed by atoms with Gasteiger partial charge in [0.1, 0.15) is 17.6 Å². The van der Waals surface area contributed by atoms with E-state index >= 15 is 0 Å². The predicted molar refractivity (Wildman–Crippen MR) is 112 cm³/mol. The third-order valence-electron chi connectivity index (χ3n) is 5.10. The van der Waals surface area contributed by atoms with E-state index in [1.165, 1.54) is 5.56 Å². The van der Waals surface area contributed by atoms with Gasteiger partial charge < -0.3 is 19.9 Å². The Morgan fingerprint density at radius 1 is 1.28 bits per heavy atom. The van der Waals surface area contributed by atoms with Crippen molar-refractivity contribution in [3.05, 3.63) is 53.2 Å². The Morgan fingerprint density at radius 3 is 2.93 bits per heavy atom. The van der Waals surface area contributed by atoms with E-state index < -0.39 is 0 Å². The molecule has 0 unspecified atom stereocenters. The Hall–Kier alpha value is -3.27. The summed E-state index contributed by atoms with van der Waals surface area (Å²) in [6.07, 6.45) is 3.25. The van der Waals surface area contributed by atoms with Crippen LogP contribution in [-0.2, 0) is 6.42 Å².